The first kappa shape index (κ1) is 15.4. The van der Waals surface area contributed by atoms with E-state index in [1.54, 1.807) is 22.7 Å². The van der Waals surface area contributed by atoms with Crippen molar-refractivity contribution in [1.82, 2.24) is 4.98 Å². The van der Waals surface area contributed by atoms with Gasteiger partial charge in [-0.2, -0.15) is 0 Å². The van der Waals surface area contributed by atoms with Crippen LogP contribution in [0.4, 0.5) is 0 Å². The van der Waals surface area contributed by atoms with Crippen molar-refractivity contribution in [2.24, 2.45) is 0 Å². The van der Waals surface area contributed by atoms with E-state index in [4.69, 9.17) is 9.72 Å². The number of hydrogen-bond acceptors (Lipinski definition) is 4. The van der Waals surface area contributed by atoms with Crippen molar-refractivity contribution in [2.75, 3.05) is 6.61 Å². The zero-order valence-electron chi connectivity index (χ0n) is 13.4. The first-order chi connectivity index (χ1) is 11.8. The van der Waals surface area contributed by atoms with E-state index in [1.807, 2.05) is 18.2 Å². The molecule has 0 aliphatic heterocycles. The number of nitrogens with zero attached hydrogens (tertiary/aromatic N) is 1. The van der Waals surface area contributed by atoms with E-state index >= 15 is 0 Å². The number of thiophene rings is 1. The molecule has 0 saturated heterocycles. The van der Waals surface area contributed by atoms with Crippen LogP contribution in [0.3, 0.4) is 0 Å². The van der Waals surface area contributed by atoms with Gasteiger partial charge in [0.2, 0.25) is 0 Å². The van der Waals surface area contributed by atoms with Crippen molar-refractivity contribution < 1.29 is 4.74 Å². The molecule has 24 heavy (non-hydrogen) atoms. The van der Waals surface area contributed by atoms with E-state index in [0.29, 0.717) is 6.61 Å². The Kier molecular flexibility index (Phi) is 4.32. The number of rotatable bonds is 5. The topological polar surface area (TPSA) is 22.1 Å². The first-order valence-corrected chi connectivity index (χ1v) is 9.61. The van der Waals surface area contributed by atoms with Crippen LogP contribution in [-0.2, 0) is 6.42 Å². The number of ether oxygens (including phenoxy) is 1. The van der Waals surface area contributed by atoms with Gasteiger partial charge >= 0.3 is 0 Å². The lowest BCUT2D eigenvalue weighted by Gasteiger charge is -2.06. The molecule has 0 atom stereocenters. The Morgan fingerprint density at radius 2 is 1.88 bits per heavy atom. The predicted molar refractivity (Wildman–Crippen MR) is 103 cm³/mol. The minimum absolute atomic E-state index is 0.649. The maximum atomic E-state index is 6.03. The number of hydrogen-bond donors (Lipinski definition) is 0. The maximum Gasteiger partial charge on any atom is 0.137 e. The van der Waals surface area contributed by atoms with Gasteiger partial charge in [0.05, 0.1) is 17.0 Å². The van der Waals surface area contributed by atoms with Crippen molar-refractivity contribution in [3.63, 3.8) is 0 Å². The molecule has 0 N–H and O–H groups in total. The van der Waals surface area contributed by atoms with Crippen LogP contribution in [-0.4, -0.2) is 11.6 Å². The van der Waals surface area contributed by atoms with Gasteiger partial charge in [-0.25, -0.2) is 4.98 Å². The average Bonchev–Trinajstić information content (AvgIpc) is 3.23. The van der Waals surface area contributed by atoms with Crippen LogP contribution >= 0.6 is 22.7 Å². The van der Waals surface area contributed by atoms with Crippen LogP contribution < -0.4 is 4.74 Å². The summed E-state index contributed by atoms with van der Waals surface area (Å²) in [6.45, 7) is 2.79. The maximum absolute atomic E-state index is 6.03. The molecule has 0 saturated carbocycles. The molecule has 2 aromatic heterocycles. The molecule has 0 aliphatic rings. The Morgan fingerprint density at radius 3 is 2.75 bits per heavy atom. The lowest BCUT2D eigenvalue weighted by Crippen LogP contribution is -2.02. The summed E-state index contributed by atoms with van der Waals surface area (Å²) in [6.07, 6.45) is 0.830. The summed E-state index contributed by atoms with van der Waals surface area (Å²) in [7, 11) is 0. The average molecular weight is 351 g/mol. The van der Waals surface area contributed by atoms with Gasteiger partial charge in [-0.15, -0.1) is 22.7 Å². The quantitative estimate of drug-likeness (QED) is 0.443. The second kappa shape index (κ2) is 6.75. The standard InChI is InChI=1S/C20H17NOS2/c1-14-17(21-20(24-14)16-6-3-2-4-7-16)10-12-22-18-9-5-8-15-11-13-23-19(15)18/h2-9,11,13H,10,12H2,1H3. The van der Waals surface area contributed by atoms with Crippen LogP contribution in [0.2, 0.25) is 0 Å². The molecule has 4 rings (SSSR count). The van der Waals surface area contributed by atoms with Gasteiger partial charge in [0.1, 0.15) is 10.8 Å². The highest BCUT2D eigenvalue weighted by Crippen LogP contribution is 2.31. The molecule has 4 aromatic rings. The number of fused-ring (bicyclic) bond motifs is 1. The van der Waals surface area contributed by atoms with E-state index in [9.17, 15) is 0 Å². The Hall–Kier alpha value is -2.17. The van der Waals surface area contributed by atoms with Crippen molar-refractivity contribution in [1.29, 1.82) is 0 Å². The Morgan fingerprint density at radius 1 is 1.00 bits per heavy atom. The third-order valence-electron chi connectivity index (χ3n) is 3.95. The fourth-order valence-corrected chi connectivity index (χ4v) is 4.53. The summed E-state index contributed by atoms with van der Waals surface area (Å²) in [4.78, 5) is 6.07. The summed E-state index contributed by atoms with van der Waals surface area (Å²) in [5.74, 6) is 0.971. The smallest absolute Gasteiger partial charge is 0.137 e. The third kappa shape index (κ3) is 3.07. The van der Waals surface area contributed by atoms with Gasteiger partial charge in [0, 0.05) is 16.9 Å². The van der Waals surface area contributed by atoms with E-state index < -0.39 is 0 Å². The van der Waals surface area contributed by atoms with Crippen molar-refractivity contribution in [2.45, 2.75) is 13.3 Å². The van der Waals surface area contributed by atoms with Crippen LogP contribution in [0.1, 0.15) is 10.6 Å². The molecule has 0 spiro atoms. The fraction of sp³-hybridized carbons (Fsp3) is 0.150. The van der Waals surface area contributed by atoms with Gasteiger partial charge in [0.15, 0.2) is 0 Å². The summed E-state index contributed by atoms with van der Waals surface area (Å²) in [6, 6.07) is 18.7. The molecule has 0 fully saturated rings. The molecule has 0 bridgehead atoms. The summed E-state index contributed by atoms with van der Waals surface area (Å²) < 4.78 is 7.25. The molecular formula is C20H17NOS2. The van der Waals surface area contributed by atoms with Gasteiger partial charge in [-0.3, -0.25) is 0 Å². The molecule has 2 aromatic carbocycles. The van der Waals surface area contributed by atoms with Crippen molar-refractivity contribution >= 4 is 32.8 Å². The molecule has 0 aliphatic carbocycles. The summed E-state index contributed by atoms with van der Waals surface area (Å²) in [5, 5.41) is 4.44. The highest BCUT2D eigenvalue weighted by Gasteiger charge is 2.10. The normalized spacial score (nSPS) is 11.0. The molecule has 2 nitrogen and oxygen atoms in total. The zero-order chi connectivity index (χ0) is 16.4. The second-order valence-corrected chi connectivity index (χ2v) is 7.70. The third-order valence-corrected chi connectivity index (χ3v) is 5.96. The van der Waals surface area contributed by atoms with Gasteiger partial charge in [-0.05, 0) is 29.8 Å². The van der Waals surface area contributed by atoms with Crippen LogP contribution in [0.15, 0.2) is 60.0 Å². The number of aromatic nitrogens is 1. The monoisotopic (exact) mass is 351 g/mol. The predicted octanol–water partition coefficient (Wildman–Crippen LogP) is 5.95. The van der Waals surface area contributed by atoms with Crippen molar-refractivity contribution in [3.8, 4) is 16.3 Å². The molecular weight excluding hydrogens is 334 g/mol. The minimum atomic E-state index is 0.649. The lowest BCUT2D eigenvalue weighted by atomic mass is 10.2. The lowest BCUT2D eigenvalue weighted by molar-refractivity contribution is 0.325. The SMILES string of the molecule is Cc1sc(-c2ccccc2)nc1CCOc1cccc2ccsc12. The highest BCUT2D eigenvalue weighted by molar-refractivity contribution is 7.17. The van der Waals surface area contributed by atoms with Crippen LogP contribution in [0.25, 0.3) is 20.7 Å². The minimum Gasteiger partial charge on any atom is -0.492 e. The van der Waals surface area contributed by atoms with Gasteiger partial charge in [0.25, 0.3) is 0 Å². The summed E-state index contributed by atoms with van der Waals surface area (Å²) >= 11 is 3.48. The first-order valence-electron chi connectivity index (χ1n) is 7.92. The molecule has 0 radical (unpaired) electrons. The van der Waals surface area contributed by atoms with E-state index in [2.05, 4.69) is 48.7 Å². The largest absolute Gasteiger partial charge is 0.492 e. The zero-order valence-corrected chi connectivity index (χ0v) is 15.0. The molecule has 0 unspecified atom stereocenters. The van der Waals surface area contributed by atoms with E-state index in [1.165, 1.54) is 20.5 Å². The Labute approximate surface area is 149 Å². The van der Waals surface area contributed by atoms with Crippen molar-refractivity contribution in [3.05, 3.63) is 70.5 Å². The van der Waals surface area contributed by atoms with Crippen LogP contribution in [0.5, 0.6) is 5.75 Å². The number of thiazole rings is 1. The molecule has 2 heterocycles. The van der Waals surface area contributed by atoms with Gasteiger partial charge in [-0.1, -0.05) is 42.5 Å². The van der Waals surface area contributed by atoms with E-state index in [0.717, 1.165) is 22.9 Å². The molecule has 0 amide bonds. The fourth-order valence-electron chi connectivity index (χ4n) is 2.70. The van der Waals surface area contributed by atoms with Crippen LogP contribution in [0, 0.1) is 6.92 Å². The Bertz CT molecular complexity index is 956. The number of aryl methyl sites for hydroxylation is 1. The molecule has 120 valence electrons. The second-order valence-electron chi connectivity index (χ2n) is 5.58. The number of benzene rings is 2. The van der Waals surface area contributed by atoms with E-state index in [-0.39, 0.29) is 0 Å². The summed E-state index contributed by atoms with van der Waals surface area (Å²) in [5.41, 5.74) is 2.32. The Balaban J connectivity index is 1.47. The van der Waals surface area contributed by atoms with Gasteiger partial charge < -0.3 is 4.74 Å². The molecule has 4 heteroatoms. The highest BCUT2D eigenvalue weighted by atomic mass is 32.1.